The first-order chi connectivity index (χ1) is 7.20. The lowest BCUT2D eigenvalue weighted by molar-refractivity contribution is 0.270. The Morgan fingerprint density at radius 2 is 2.33 bits per heavy atom. The zero-order valence-electron chi connectivity index (χ0n) is 8.47. The molecule has 0 spiro atoms. The van der Waals surface area contributed by atoms with Gasteiger partial charge in [-0.2, -0.15) is 5.10 Å². The standard InChI is InChI=1S/C10H13N3O2/c1-7-4-8(6-15-7)9-5-10(11)13(12-9)2-3-14/h4-6,14H,2-3,11H2,1H3. The minimum Gasteiger partial charge on any atom is -0.469 e. The predicted octanol–water partition coefficient (Wildman–Crippen LogP) is 1.03. The summed E-state index contributed by atoms with van der Waals surface area (Å²) in [5.41, 5.74) is 7.39. The van der Waals surface area contributed by atoms with Crippen LogP contribution in [0.25, 0.3) is 11.3 Å². The molecule has 0 amide bonds. The molecule has 2 aromatic rings. The van der Waals surface area contributed by atoms with E-state index in [2.05, 4.69) is 5.10 Å². The van der Waals surface area contributed by atoms with E-state index < -0.39 is 0 Å². The molecule has 2 rings (SSSR count). The number of nitrogens with two attached hydrogens (primary N) is 1. The van der Waals surface area contributed by atoms with Crippen LogP contribution in [0.2, 0.25) is 0 Å². The average molecular weight is 207 g/mol. The number of anilines is 1. The van der Waals surface area contributed by atoms with Crippen LogP contribution in [0.3, 0.4) is 0 Å². The van der Waals surface area contributed by atoms with E-state index in [1.54, 1.807) is 17.0 Å². The molecule has 0 aliphatic heterocycles. The van der Waals surface area contributed by atoms with Crippen LogP contribution >= 0.6 is 0 Å². The van der Waals surface area contributed by atoms with Gasteiger partial charge in [0.15, 0.2) is 0 Å². The van der Waals surface area contributed by atoms with Crippen molar-refractivity contribution in [3.63, 3.8) is 0 Å². The fourth-order valence-corrected chi connectivity index (χ4v) is 1.42. The fraction of sp³-hybridized carbons (Fsp3) is 0.300. The lowest BCUT2D eigenvalue weighted by Gasteiger charge is -1.98. The Balaban J connectivity index is 2.33. The molecule has 0 aromatic carbocycles. The fourth-order valence-electron chi connectivity index (χ4n) is 1.42. The molecule has 0 radical (unpaired) electrons. The van der Waals surface area contributed by atoms with Crippen molar-refractivity contribution in [1.29, 1.82) is 0 Å². The molecule has 0 atom stereocenters. The second-order valence-corrected chi connectivity index (χ2v) is 3.35. The number of aromatic nitrogens is 2. The number of aliphatic hydroxyl groups excluding tert-OH is 1. The van der Waals surface area contributed by atoms with Crippen molar-refractivity contribution < 1.29 is 9.52 Å². The molecule has 2 aromatic heterocycles. The Kier molecular flexibility index (Phi) is 2.47. The highest BCUT2D eigenvalue weighted by atomic mass is 16.3. The summed E-state index contributed by atoms with van der Waals surface area (Å²) >= 11 is 0. The number of rotatable bonds is 3. The van der Waals surface area contributed by atoms with Crippen LogP contribution in [0.4, 0.5) is 5.82 Å². The SMILES string of the molecule is Cc1cc(-c2cc(N)n(CCO)n2)co1. The molecule has 2 heterocycles. The van der Waals surface area contributed by atoms with Crippen LogP contribution in [0.15, 0.2) is 22.8 Å². The number of nitrogens with zero attached hydrogens (tertiary/aromatic N) is 2. The molecule has 80 valence electrons. The Morgan fingerprint density at radius 3 is 2.93 bits per heavy atom. The molecule has 0 aliphatic carbocycles. The number of hydrogen-bond donors (Lipinski definition) is 2. The van der Waals surface area contributed by atoms with Gasteiger partial charge in [0.1, 0.15) is 17.8 Å². The van der Waals surface area contributed by atoms with Crippen LogP contribution in [0.5, 0.6) is 0 Å². The molecule has 3 N–H and O–H groups in total. The molecule has 0 saturated carbocycles. The topological polar surface area (TPSA) is 77.2 Å². The molecule has 0 fully saturated rings. The summed E-state index contributed by atoms with van der Waals surface area (Å²) < 4.78 is 6.76. The summed E-state index contributed by atoms with van der Waals surface area (Å²) in [6.07, 6.45) is 1.64. The first kappa shape index (κ1) is 9.79. The van der Waals surface area contributed by atoms with Gasteiger partial charge in [-0.3, -0.25) is 0 Å². The minimum atomic E-state index is 0.0235. The zero-order chi connectivity index (χ0) is 10.8. The van der Waals surface area contributed by atoms with E-state index in [9.17, 15) is 0 Å². The van der Waals surface area contributed by atoms with Crippen LogP contribution in [-0.4, -0.2) is 21.5 Å². The average Bonchev–Trinajstić information content (AvgIpc) is 2.75. The van der Waals surface area contributed by atoms with Gasteiger partial charge in [-0.05, 0) is 13.0 Å². The van der Waals surface area contributed by atoms with Crippen LogP contribution in [-0.2, 0) is 6.54 Å². The Labute approximate surface area is 87.1 Å². The van der Waals surface area contributed by atoms with E-state index in [0.29, 0.717) is 12.4 Å². The van der Waals surface area contributed by atoms with Crippen molar-refractivity contribution in [3.8, 4) is 11.3 Å². The normalized spacial score (nSPS) is 10.8. The molecule has 0 saturated heterocycles. The summed E-state index contributed by atoms with van der Waals surface area (Å²) in [4.78, 5) is 0. The highest BCUT2D eigenvalue weighted by molar-refractivity contribution is 5.61. The molecule has 15 heavy (non-hydrogen) atoms. The molecular weight excluding hydrogens is 194 g/mol. The Bertz CT molecular complexity index is 459. The van der Waals surface area contributed by atoms with E-state index in [0.717, 1.165) is 17.0 Å². The maximum atomic E-state index is 8.79. The highest BCUT2D eigenvalue weighted by Crippen LogP contribution is 2.22. The van der Waals surface area contributed by atoms with E-state index in [4.69, 9.17) is 15.3 Å². The van der Waals surface area contributed by atoms with Crippen molar-refractivity contribution in [2.75, 3.05) is 12.3 Å². The van der Waals surface area contributed by atoms with Gasteiger partial charge in [0.05, 0.1) is 18.8 Å². The first-order valence-corrected chi connectivity index (χ1v) is 4.70. The van der Waals surface area contributed by atoms with Crippen molar-refractivity contribution in [1.82, 2.24) is 9.78 Å². The summed E-state index contributed by atoms with van der Waals surface area (Å²) in [6.45, 7) is 2.30. The van der Waals surface area contributed by atoms with Gasteiger partial charge >= 0.3 is 0 Å². The van der Waals surface area contributed by atoms with Crippen LogP contribution in [0.1, 0.15) is 5.76 Å². The van der Waals surface area contributed by atoms with Gasteiger partial charge in [-0.1, -0.05) is 0 Å². The third-order valence-electron chi connectivity index (χ3n) is 2.15. The van der Waals surface area contributed by atoms with Gasteiger partial charge in [-0.25, -0.2) is 4.68 Å². The maximum Gasteiger partial charge on any atom is 0.122 e. The lowest BCUT2D eigenvalue weighted by Crippen LogP contribution is -2.07. The Morgan fingerprint density at radius 1 is 1.53 bits per heavy atom. The third-order valence-corrected chi connectivity index (χ3v) is 2.15. The molecule has 5 nitrogen and oxygen atoms in total. The number of aliphatic hydroxyl groups is 1. The lowest BCUT2D eigenvalue weighted by atomic mass is 10.2. The van der Waals surface area contributed by atoms with E-state index in [-0.39, 0.29) is 6.61 Å². The van der Waals surface area contributed by atoms with Crippen LogP contribution < -0.4 is 5.73 Å². The van der Waals surface area contributed by atoms with Gasteiger partial charge < -0.3 is 15.3 Å². The quantitative estimate of drug-likeness (QED) is 0.787. The molecule has 5 heteroatoms. The third kappa shape index (κ3) is 1.87. The van der Waals surface area contributed by atoms with Gasteiger partial charge in [0.25, 0.3) is 0 Å². The summed E-state index contributed by atoms with van der Waals surface area (Å²) in [6, 6.07) is 3.66. The molecule has 0 unspecified atom stereocenters. The number of hydrogen-bond acceptors (Lipinski definition) is 4. The summed E-state index contributed by atoms with van der Waals surface area (Å²) in [5, 5.41) is 13.0. The maximum absolute atomic E-state index is 8.79. The minimum absolute atomic E-state index is 0.0235. The molecular formula is C10H13N3O2. The first-order valence-electron chi connectivity index (χ1n) is 4.70. The Hall–Kier alpha value is -1.75. The summed E-state index contributed by atoms with van der Waals surface area (Å²) in [5.74, 6) is 1.37. The van der Waals surface area contributed by atoms with E-state index in [1.165, 1.54) is 0 Å². The largest absolute Gasteiger partial charge is 0.469 e. The second kappa shape index (κ2) is 3.78. The highest BCUT2D eigenvalue weighted by Gasteiger charge is 2.08. The van der Waals surface area contributed by atoms with Crippen LogP contribution in [0, 0.1) is 6.92 Å². The number of nitrogen functional groups attached to an aromatic ring is 1. The van der Waals surface area contributed by atoms with Crippen molar-refractivity contribution in [2.24, 2.45) is 0 Å². The van der Waals surface area contributed by atoms with Crippen molar-refractivity contribution in [3.05, 3.63) is 24.2 Å². The van der Waals surface area contributed by atoms with Gasteiger partial charge in [0, 0.05) is 11.6 Å². The van der Waals surface area contributed by atoms with E-state index in [1.807, 2.05) is 13.0 Å². The van der Waals surface area contributed by atoms with Gasteiger partial charge in [0.2, 0.25) is 0 Å². The monoisotopic (exact) mass is 207 g/mol. The number of furan rings is 1. The zero-order valence-corrected chi connectivity index (χ0v) is 8.47. The number of aryl methyl sites for hydroxylation is 1. The van der Waals surface area contributed by atoms with E-state index >= 15 is 0 Å². The second-order valence-electron chi connectivity index (χ2n) is 3.35. The molecule has 0 bridgehead atoms. The smallest absolute Gasteiger partial charge is 0.122 e. The van der Waals surface area contributed by atoms with Crippen molar-refractivity contribution in [2.45, 2.75) is 13.5 Å². The summed E-state index contributed by atoms with van der Waals surface area (Å²) in [7, 11) is 0. The predicted molar refractivity (Wildman–Crippen MR) is 56.2 cm³/mol. The van der Waals surface area contributed by atoms with Crippen molar-refractivity contribution >= 4 is 5.82 Å². The van der Waals surface area contributed by atoms with Gasteiger partial charge in [-0.15, -0.1) is 0 Å². The molecule has 0 aliphatic rings.